The lowest BCUT2D eigenvalue weighted by atomic mass is 10.1. The molecular formula is C19H18ClN3O2. The minimum absolute atomic E-state index is 0.0713. The summed E-state index contributed by atoms with van der Waals surface area (Å²) in [6.45, 7) is 2.72. The van der Waals surface area contributed by atoms with Crippen LogP contribution in [0.2, 0.25) is 5.02 Å². The molecule has 5 nitrogen and oxygen atoms in total. The minimum Gasteiger partial charge on any atom is -0.378 e. The van der Waals surface area contributed by atoms with Crippen LogP contribution in [0, 0.1) is 0 Å². The number of halogens is 1. The lowest BCUT2D eigenvalue weighted by Crippen LogP contribution is -2.42. The van der Waals surface area contributed by atoms with Crippen LogP contribution in [0.4, 0.5) is 0 Å². The number of hydrogen-bond donors (Lipinski definition) is 0. The van der Waals surface area contributed by atoms with Gasteiger partial charge in [0.25, 0.3) is 0 Å². The van der Waals surface area contributed by atoms with Crippen molar-refractivity contribution < 1.29 is 9.53 Å². The number of pyridine rings is 1. The maximum Gasteiger partial charge on any atom is 0.242 e. The Bertz CT molecular complexity index is 902. The van der Waals surface area contributed by atoms with Crippen molar-refractivity contribution in [2.45, 2.75) is 6.54 Å². The fraction of sp³-hybridized carbons (Fsp3) is 0.263. The average Bonchev–Trinajstić information content (AvgIpc) is 2.98. The van der Waals surface area contributed by atoms with Gasteiger partial charge in [-0.05, 0) is 11.6 Å². The van der Waals surface area contributed by atoms with E-state index in [4.69, 9.17) is 16.3 Å². The summed E-state index contributed by atoms with van der Waals surface area (Å²) in [6, 6.07) is 12.1. The smallest absolute Gasteiger partial charge is 0.242 e. The first-order valence-electron chi connectivity index (χ1n) is 8.28. The third-order valence-corrected chi connectivity index (χ3v) is 4.73. The maximum absolute atomic E-state index is 12.6. The molecule has 3 heterocycles. The molecule has 0 N–H and O–H groups in total. The second-order valence-corrected chi connectivity index (χ2v) is 6.46. The van der Waals surface area contributed by atoms with Gasteiger partial charge in [-0.1, -0.05) is 41.9 Å². The summed E-state index contributed by atoms with van der Waals surface area (Å²) < 4.78 is 7.19. The molecule has 0 radical (unpaired) electrons. The standard InChI is InChI=1S/C19H18ClN3O2/c20-16-12-23(13-18(24)22-6-8-25-9-7-22)17-10-15(11-21-19(16)17)14-4-2-1-3-5-14/h1-5,10-12H,6-9,13H2. The van der Waals surface area contributed by atoms with Crippen LogP contribution in [0.5, 0.6) is 0 Å². The van der Waals surface area contributed by atoms with E-state index in [-0.39, 0.29) is 12.5 Å². The van der Waals surface area contributed by atoms with E-state index < -0.39 is 0 Å². The summed E-state index contributed by atoms with van der Waals surface area (Å²) in [4.78, 5) is 18.9. The third kappa shape index (κ3) is 3.25. The average molecular weight is 356 g/mol. The van der Waals surface area contributed by atoms with Gasteiger partial charge in [-0.2, -0.15) is 0 Å². The van der Waals surface area contributed by atoms with Gasteiger partial charge < -0.3 is 14.2 Å². The number of ether oxygens (including phenoxy) is 1. The molecule has 128 valence electrons. The molecule has 1 saturated heterocycles. The van der Waals surface area contributed by atoms with E-state index in [0.29, 0.717) is 31.3 Å². The molecule has 0 atom stereocenters. The molecule has 3 aromatic rings. The monoisotopic (exact) mass is 355 g/mol. The Morgan fingerprint density at radius 1 is 1.16 bits per heavy atom. The maximum atomic E-state index is 12.6. The fourth-order valence-electron chi connectivity index (χ4n) is 3.10. The zero-order valence-electron chi connectivity index (χ0n) is 13.7. The van der Waals surface area contributed by atoms with Crippen LogP contribution in [0.1, 0.15) is 0 Å². The number of amides is 1. The fourth-order valence-corrected chi connectivity index (χ4v) is 3.36. The molecule has 1 fully saturated rings. The van der Waals surface area contributed by atoms with Crippen LogP contribution in [0.3, 0.4) is 0 Å². The highest BCUT2D eigenvalue weighted by Gasteiger charge is 2.19. The van der Waals surface area contributed by atoms with E-state index in [0.717, 1.165) is 22.2 Å². The molecule has 4 rings (SSSR count). The largest absolute Gasteiger partial charge is 0.378 e. The predicted octanol–water partition coefficient (Wildman–Crippen LogP) is 3.22. The molecule has 6 heteroatoms. The van der Waals surface area contributed by atoms with Crippen LogP contribution in [-0.2, 0) is 16.1 Å². The Hall–Kier alpha value is -2.37. The van der Waals surface area contributed by atoms with Crippen LogP contribution in [0.25, 0.3) is 22.2 Å². The van der Waals surface area contributed by atoms with Crippen molar-refractivity contribution >= 4 is 28.5 Å². The molecule has 1 amide bonds. The molecule has 1 aliphatic rings. The van der Waals surface area contributed by atoms with Crippen LogP contribution in [-0.4, -0.2) is 46.7 Å². The SMILES string of the molecule is O=C(Cn1cc(Cl)c2ncc(-c3ccccc3)cc21)N1CCOCC1. The molecule has 0 bridgehead atoms. The second-order valence-electron chi connectivity index (χ2n) is 6.06. The van der Waals surface area contributed by atoms with E-state index in [1.807, 2.05) is 52.1 Å². The van der Waals surface area contributed by atoms with Gasteiger partial charge in [0.05, 0.1) is 23.8 Å². The first-order valence-corrected chi connectivity index (χ1v) is 8.65. The first kappa shape index (κ1) is 16.1. The summed E-state index contributed by atoms with van der Waals surface area (Å²) in [6.07, 6.45) is 3.60. The van der Waals surface area contributed by atoms with Crippen molar-refractivity contribution in [3.8, 4) is 11.1 Å². The molecule has 2 aromatic heterocycles. The lowest BCUT2D eigenvalue weighted by Gasteiger charge is -2.27. The number of rotatable bonds is 3. The summed E-state index contributed by atoms with van der Waals surface area (Å²) in [7, 11) is 0. The summed E-state index contributed by atoms with van der Waals surface area (Å²) in [5.41, 5.74) is 3.67. The quantitative estimate of drug-likeness (QED) is 0.724. The lowest BCUT2D eigenvalue weighted by molar-refractivity contribution is -0.135. The van der Waals surface area contributed by atoms with Gasteiger partial charge in [0.1, 0.15) is 12.1 Å². The predicted molar refractivity (Wildman–Crippen MR) is 97.6 cm³/mol. The number of carbonyl (C=O) groups excluding carboxylic acids is 1. The Morgan fingerprint density at radius 3 is 2.68 bits per heavy atom. The van der Waals surface area contributed by atoms with Crippen molar-refractivity contribution in [1.82, 2.24) is 14.5 Å². The van der Waals surface area contributed by atoms with Gasteiger partial charge in [0.15, 0.2) is 0 Å². The van der Waals surface area contributed by atoms with E-state index in [1.54, 1.807) is 6.20 Å². The van der Waals surface area contributed by atoms with E-state index >= 15 is 0 Å². The topological polar surface area (TPSA) is 47.4 Å². The van der Waals surface area contributed by atoms with Crippen LogP contribution >= 0.6 is 11.6 Å². The third-order valence-electron chi connectivity index (χ3n) is 4.45. The number of nitrogens with zero attached hydrogens (tertiary/aromatic N) is 3. The van der Waals surface area contributed by atoms with E-state index in [1.165, 1.54) is 0 Å². The zero-order chi connectivity index (χ0) is 17.2. The van der Waals surface area contributed by atoms with Gasteiger partial charge in [0, 0.05) is 31.0 Å². The highest BCUT2D eigenvalue weighted by Crippen LogP contribution is 2.28. The zero-order valence-corrected chi connectivity index (χ0v) is 14.4. The van der Waals surface area contributed by atoms with Gasteiger partial charge in [-0.25, -0.2) is 0 Å². The summed E-state index contributed by atoms with van der Waals surface area (Å²) >= 11 is 6.32. The summed E-state index contributed by atoms with van der Waals surface area (Å²) in [5, 5.41) is 0.560. The first-order chi connectivity index (χ1) is 12.2. The molecule has 0 saturated carbocycles. The van der Waals surface area contributed by atoms with Crippen LogP contribution < -0.4 is 0 Å². The number of hydrogen-bond acceptors (Lipinski definition) is 3. The highest BCUT2D eigenvalue weighted by molar-refractivity contribution is 6.35. The Balaban J connectivity index is 1.67. The van der Waals surface area contributed by atoms with Crippen molar-refractivity contribution in [3.63, 3.8) is 0 Å². The molecular weight excluding hydrogens is 338 g/mol. The Labute approximate surface area is 150 Å². The molecule has 0 aliphatic carbocycles. The number of carbonyl (C=O) groups is 1. The molecule has 0 unspecified atom stereocenters. The Kier molecular flexibility index (Phi) is 4.42. The van der Waals surface area contributed by atoms with Gasteiger partial charge in [-0.3, -0.25) is 9.78 Å². The summed E-state index contributed by atoms with van der Waals surface area (Å²) in [5.74, 6) is 0.0713. The van der Waals surface area contributed by atoms with Gasteiger partial charge >= 0.3 is 0 Å². The van der Waals surface area contributed by atoms with Crippen molar-refractivity contribution in [1.29, 1.82) is 0 Å². The molecule has 1 aromatic carbocycles. The Morgan fingerprint density at radius 2 is 1.92 bits per heavy atom. The number of aromatic nitrogens is 2. The van der Waals surface area contributed by atoms with Crippen molar-refractivity contribution in [2.24, 2.45) is 0 Å². The van der Waals surface area contributed by atoms with Crippen molar-refractivity contribution in [2.75, 3.05) is 26.3 Å². The van der Waals surface area contributed by atoms with Gasteiger partial charge in [0.2, 0.25) is 5.91 Å². The van der Waals surface area contributed by atoms with Gasteiger partial charge in [-0.15, -0.1) is 0 Å². The molecule has 1 aliphatic heterocycles. The number of benzene rings is 1. The van der Waals surface area contributed by atoms with E-state index in [2.05, 4.69) is 4.98 Å². The highest BCUT2D eigenvalue weighted by atomic mass is 35.5. The second kappa shape index (κ2) is 6.86. The van der Waals surface area contributed by atoms with Crippen LogP contribution in [0.15, 0.2) is 48.8 Å². The number of fused-ring (bicyclic) bond motifs is 1. The molecule has 0 spiro atoms. The number of morpholine rings is 1. The van der Waals surface area contributed by atoms with Crippen molar-refractivity contribution in [3.05, 3.63) is 53.8 Å². The van der Waals surface area contributed by atoms with E-state index in [9.17, 15) is 4.79 Å². The molecule has 25 heavy (non-hydrogen) atoms. The minimum atomic E-state index is 0.0713. The normalized spacial score (nSPS) is 14.8.